The molecule has 0 heterocycles. The van der Waals surface area contributed by atoms with Gasteiger partial charge >= 0.3 is 512 Å². The molecule has 0 N–H and O–H groups in total. The first-order chi connectivity index (χ1) is 0. The minimum Gasteiger partial charge on any atom is -2.00 e. The molecule has 0 unspecified atom stereocenters. The van der Waals surface area contributed by atoms with Gasteiger partial charge in [-0.3, -0.25) is 0 Å². The van der Waals surface area contributed by atoms with Gasteiger partial charge in [-0.05, 0) is 0 Å². The van der Waals surface area contributed by atoms with Crippen molar-refractivity contribution in [3.05, 3.63) is 0 Å². The summed E-state index contributed by atoms with van der Waals surface area (Å²) in [6.07, 6.45) is 0. The summed E-state index contributed by atoms with van der Waals surface area (Å²) >= 11 is 0. The molecule has 0 bridgehead atoms. The van der Waals surface area contributed by atoms with E-state index in [0.717, 1.165) is 0 Å². The van der Waals surface area contributed by atoms with Gasteiger partial charge in [-0.2, -0.15) is 0 Å². The summed E-state index contributed by atoms with van der Waals surface area (Å²) in [6, 6.07) is 0. The quantitative estimate of drug-likeness (QED) is 0.204. The Kier molecular flexibility index (Phi) is 1160000. The Hall–Kier alpha value is 12.4. The first kappa shape index (κ1) is 11400. The van der Waals surface area contributed by atoms with Crippen LogP contribution in [0.1, 0.15) is 0 Å². The standard InChI is InChI=1S/30Fe.79O/q30*+3;79*-2. The molecule has 0 saturated carbocycles. The summed E-state index contributed by atoms with van der Waals surface area (Å²) in [4.78, 5) is 0. The minimum atomic E-state index is 0. The maximum absolute atomic E-state index is 0. The van der Waals surface area contributed by atoms with Gasteiger partial charge in [0, 0.05) is 0 Å². The maximum atomic E-state index is 0. The van der Waals surface area contributed by atoms with Crippen molar-refractivity contribution in [2.45, 2.75) is 0 Å². The van der Waals surface area contributed by atoms with Crippen LogP contribution in [0.3, 0.4) is 0 Å². The van der Waals surface area contributed by atoms with E-state index in [0.29, 0.717) is 0 Å². The molecule has 0 aliphatic carbocycles. The van der Waals surface area contributed by atoms with Crippen LogP contribution in [-0.4, -0.2) is 0 Å². The van der Waals surface area contributed by atoms with E-state index < -0.39 is 0 Å². The molecule has 109 heteroatoms. The average Bonchev–Trinajstić information content (AvgIpc) is 0. The maximum Gasteiger partial charge on any atom is 3.00 e. The van der Waals surface area contributed by atoms with Gasteiger partial charge < -0.3 is 433 Å². The molecule has 0 aromatic heterocycles. The molecule has 0 saturated heterocycles. The van der Waals surface area contributed by atoms with E-state index in [1.165, 1.54) is 0 Å². The second-order valence-corrected chi connectivity index (χ2v) is 0. The monoisotopic (exact) mass is 2940 g/mol. The summed E-state index contributed by atoms with van der Waals surface area (Å²) in [5.41, 5.74) is 0. The van der Waals surface area contributed by atoms with E-state index in [1.54, 1.807) is 0 Å². The fraction of sp³-hybridized carbons (Fsp3) is 0. The third-order valence-electron chi connectivity index (χ3n) is 0. The third-order valence-corrected chi connectivity index (χ3v) is 0. The number of hydrogen-bond acceptors (Lipinski definition) is 0. The third kappa shape index (κ3) is 10900. The van der Waals surface area contributed by atoms with Gasteiger partial charge in [-0.1, -0.05) is 0 Å². The molecule has 109 heavy (non-hydrogen) atoms. The van der Waals surface area contributed by atoms with Crippen LogP contribution in [0.15, 0.2) is 0 Å². The molecule has 0 amide bonds. The van der Waals surface area contributed by atoms with Crippen LogP contribution < -0.4 is 0 Å². The van der Waals surface area contributed by atoms with Crippen molar-refractivity contribution in [1.82, 2.24) is 0 Å². The Balaban J connectivity index is 0. The summed E-state index contributed by atoms with van der Waals surface area (Å²) in [6.45, 7) is 0. The van der Waals surface area contributed by atoms with Gasteiger partial charge in [-0.25, -0.2) is 0 Å². The van der Waals surface area contributed by atoms with Crippen LogP contribution in [0.2, 0.25) is 0 Å². The van der Waals surface area contributed by atoms with E-state index in [2.05, 4.69) is 0 Å². The molecule has 0 spiro atoms. The second-order valence-electron chi connectivity index (χ2n) is 0. The molecule has 0 aromatic rings. The van der Waals surface area contributed by atoms with Gasteiger partial charge in [0.15, 0.2) is 0 Å². The zero-order valence-corrected chi connectivity index (χ0v) is 76.0. The van der Waals surface area contributed by atoms with Crippen molar-refractivity contribution in [2.75, 3.05) is 0 Å². The number of rotatable bonds is 0. The van der Waals surface area contributed by atoms with E-state index in [9.17, 15) is 0 Å². The van der Waals surface area contributed by atoms with E-state index in [4.69, 9.17) is 0 Å². The molecular formula is Fe30O79-68. The predicted molar refractivity (Wildman–Crippen MR) is 54.2 cm³/mol. The van der Waals surface area contributed by atoms with Crippen LogP contribution in [0, 0.1) is 0 Å². The van der Waals surface area contributed by atoms with Crippen LogP contribution in [-0.2, 0) is 945 Å². The molecular weight excluding hydrogens is 2940 g/mol. The van der Waals surface area contributed by atoms with Crippen molar-refractivity contribution < 1.29 is 945 Å². The van der Waals surface area contributed by atoms with Crippen LogP contribution in [0.4, 0.5) is 0 Å². The molecule has 0 rings (SSSR count). The SMILES string of the molecule is [Fe+3].[Fe+3].[Fe+3].[Fe+3].[Fe+3].[Fe+3].[Fe+3].[Fe+3].[Fe+3].[Fe+3].[Fe+3].[Fe+3].[Fe+3].[Fe+3].[Fe+3].[Fe+3].[Fe+3].[Fe+3].[Fe+3].[Fe+3].[Fe+3].[Fe+3].[Fe+3].[Fe+3].[Fe+3].[Fe+3].[Fe+3].[Fe+3].[Fe+3].[Fe+3].[O-2].[O-2].[O-2].[O-2].[O-2].[O-2].[O-2].[O-2].[O-2].[O-2].[O-2].[O-2].[O-2].[O-2].[O-2].[O-2].[O-2].[O-2].[O-2].[O-2].[O-2].[O-2].[O-2].[O-2].[O-2].[O-2].[O-2].[O-2].[O-2].[O-2].[O-2].[O-2].[O-2].[O-2].[O-2].[O-2].[O-2].[O-2].[O-2].[O-2].[O-2].[O-2].[O-2].[O-2].[O-2].[O-2].[O-2].[O-2].[O-2].[O-2].[O-2].[O-2].[O-2].[O-2].[O-2].[O-2].[O-2].[O-2].[O-2].[O-2].[O-2].[O-2].[O-2].[O-2].[O-2].[O-2].[O-2].[O-2].[O-2].[O-2].[O-2].[O-2].[O-2].[O-2].[O-2].[O-2].[O-2].[O-2].[O-2]. The Morgan fingerprint density at radius 1 is 0.0183 bits per heavy atom. The van der Waals surface area contributed by atoms with Crippen molar-refractivity contribution >= 4 is 0 Å². The van der Waals surface area contributed by atoms with Gasteiger partial charge in [0.05, 0.1) is 0 Å². The van der Waals surface area contributed by atoms with Crippen molar-refractivity contribution in [2.24, 2.45) is 0 Å². The zero-order chi connectivity index (χ0) is 0. The molecule has 0 fully saturated rings. The average molecular weight is 2940 g/mol. The predicted octanol–water partition coefficient (Wildman–Crippen LogP) is -9.46. The van der Waals surface area contributed by atoms with E-state index in [1.807, 2.05) is 0 Å². The van der Waals surface area contributed by atoms with Crippen molar-refractivity contribution in [3.8, 4) is 0 Å². The molecule has 30 radical (unpaired) electrons. The summed E-state index contributed by atoms with van der Waals surface area (Å²) in [5.74, 6) is 0. The fourth-order valence-electron chi connectivity index (χ4n) is 0. The molecule has 0 aliphatic rings. The minimum absolute atomic E-state index is 0. The van der Waals surface area contributed by atoms with Crippen molar-refractivity contribution in [1.29, 1.82) is 0 Å². The Morgan fingerprint density at radius 2 is 0.0183 bits per heavy atom. The van der Waals surface area contributed by atoms with E-state index in [-0.39, 0.29) is 945 Å². The zero-order valence-electron chi connectivity index (χ0n) is 42.9. The summed E-state index contributed by atoms with van der Waals surface area (Å²) < 4.78 is 0. The normalized spacial score (nSPS) is 0. The van der Waals surface area contributed by atoms with E-state index >= 15 is 0 Å². The van der Waals surface area contributed by atoms with Crippen LogP contribution in [0.5, 0.6) is 0 Å². The van der Waals surface area contributed by atoms with Crippen LogP contribution >= 0.6 is 0 Å². The van der Waals surface area contributed by atoms with Crippen molar-refractivity contribution in [3.63, 3.8) is 0 Å². The van der Waals surface area contributed by atoms with Gasteiger partial charge in [0.1, 0.15) is 0 Å². The first-order valence-corrected chi connectivity index (χ1v) is 0. The largest absolute Gasteiger partial charge is 3.00 e. The Labute approximate surface area is 932 Å². The molecule has 0 aromatic carbocycles. The Bertz CT molecular complexity index is 92.5. The van der Waals surface area contributed by atoms with Gasteiger partial charge in [0.2, 0.25) is 0 Å². The van der Waals surface area contributed by atoms with Gasteiger partial charge in [-0.15, -0.1) is 0 Å². The van der Waals surface area contributed by atoms with Gasteiger partial charge in [0.25, 0.3) is 0 Å². The smallest absolute Gasteiger partial charge is 2.00 e. The number of hydrogen-bond donors (Lipinski definition) is 0. The van der Waals surface area contributed by atoms with Crippen LogP contribution in [0.25, 0.3) is 0 Å². The summed E-state index contributed by atoms with van der Waals surface area (Å²) in [7, 11) is 0. The Morgan fingerprint density at radius 3 is 0.0183 bits per heavy atom. The first-order valence-electron chi connectivity index (χ1n) is 0. The molecule has 0 atom stereocenters. The molecule has 782 valence electrons. The molecule has 0 aliphatic heterocycles. The summed E-state index contributed by atoms with van der Waals surface area (Å²) in [5, 5.41) is 0. The molecule has 79 nitrogen and oxygen atoms in total. The fourth-order valence-corrected chi connectivity index (χ4v) is 0. The topological polar surface area (TPSA) is 2250 Å². The second kappa shape index (κ2) is 11100.